The average Bonchev–Trinajstić information content (AvgIpc) is 3.48. The van der Waals surface area contributed by atoms with E-state index in [9.17, 15) is 34.2 Å². The lowest BCUT2D eigenvalue weighted by Gasteiger charge is -2.61. The number of ketones is 5. The second-order valence-corrected chi connectivity index (χ2v) is 15.5. The van der Waals surface area contributed by atoms with E-state index in [2.05, 4.69) is 25.1 Å². The third kappa shape index (κ3) is 4.44. The number of aryl methyl sites for hydroxylation is 1. The summed E-state index contributed by atoms with van der Waals surface area (Å²) in [5.41, 5.74) is -0.414. The molecule has 4 aliphatic carbocycles. The summed E-state index contributed by atoms with van der Waals surface area (Å²) in [6.45, 7) is 10.2. The summed E-state index contributed by atoms with van der Waals surface area (Å²) in [5.74, 6) is -8.11. The Kier molecular flexibility index (Phi) is 7.82. The van der Waals surface area contributed by atoms with Crippen molar-refractivity contribution in [3.8, 4) is 16.9 Å². The van der Waals surface area contributed by atoms with Crippen molar-refractivity contribution < 1.29 is 34.2 Å². The van der Waals surface area contributed by atoms with Gasteiger partial charge in [0.05, 0.1) is 11.5 Å². The number of phenolic OH excluding ortho intramolecular Hbond substituents is 1. The van der Waals surface area contributed by atoms with Gasteiger partial charge in [0.25, 0.3) is 0 Å². The second kappa shape index (κ2) is 11.1. The van der Waals surface area contributed by atoms with Crippen LogP contribution in [-0.2, 0) is 38.4 Å². The average molecular weight is 627 g/mol. The smallest absolute Gasteiger partial charge is 0.190 e. The van der Waals surface area contributed by atoms with Crippen LogP contribution >= 0.6 is 0 Å². The zero-order chi connectivity index (χ0) is 33.5. The lowest BCUT2D eigenvalue weighted by atomic mass is 9.40. The molecule has 3 saturated carbocycles. The molecule has 7 heteroatoms. The molecule has 6 rings (SSSR count). The number of hydrogen-bond donors (Lipinski definition) is 2. The van der Waals surface area contributed by atoms with E-state index < -0.39 is 63.1 Å². The molecule has 0 bridgehead atoms. The highest BCUT2D eigenvalue weighted by Crippen LogP contribution is 2.64. The fourth-order valence-electron chi connectivity index (χ4n) is 10.2. The molecule has 6 atom stereocenters. The first-order valence-electron chi connectivity index (χ1n) is 17.0. The van der Waals surface area contributed by atoms with Crippen LogP contribution in [-0.4, -0.2) is 44.7 Å². The van der Waals surface area contributed by atoms with Gasteiger partial charge in [-0.05, 0) is 83.7 Å². The minimum atomic E-state index is -2.69. The first kappa shape index (κ1) is 32.5. The molecule has 4 aliphatic rings. The lowest BCUT2D eigenvalue weighted by Crippen LogP contribution is -2.76. The molecule has 3 unspecified atom stereocenters. The van der Waals surface area contributed by atoms with Crippen LogP contribution in [0.15, 0.2) is 30.3 Å². The Hall–Kier alpha value is -3.45. The number of phenols is 1. The number of aliphatic hydroxyl groups is 1. The van der Waals surface area contributed by atoms with Crippen LogP contribution in [0.4, 0.5) is 0 Å². The van der Waals surface area contributed by atoms with Crippen LogP contribution in [0.1, 0.15) is 101 Å². The molecule has 2 N–H and O–H groups in total. The van der Waals surface area contributed by atoms with Gasteiger partial charge in [0.2, 0.25) is 0 Å². The van der Waals surface area contributed by atoms with Gasteiger partial charge in [-0.2, -0.15) is 0 Å². The Labute approximate surface area is 271 Å². The molecule has 2 aromatic rings. The van der Waals surface area contributed by atoms with Crippen LogP contribution in [0.2, 0.25) is 0 Å². The van der Waals surface area contributed by atoms with Gasteiger partial charge < -0.3 is 10.2 Å². The normalized spacial score (nSPS) is 32.8. The van der Waals surface area contributed by atoms with Crippen molar-refractivity contribution in [2.24, 2.45) is 40.4 Å². The maximum Gasteiger partial charge on any atom is 0.190 e. The molecule has 46 heavy (non-hydrogen) atoms. The van der Waals surface area contributed by atoms with E-state index in [1.165, 1.54) is 37.3 Å². The van der Waals surface area contributed by atoms with Gasteiger partial charge in [0.15, 0.2) is 28.7 Å². The molecule has 2 aromatic carbocycles. The van der Waals surface area contributed by atoms with E-state index in [1.54, 1.807) is 20.8 Å². The number of hydrogen-bond acceptors (Lipinski definition) is 7. The molecule has 0 heterocycles. The number of Topliss-reactive ketones (excluding diaryl/α,β-unsaturated/α-hetero) is 5. The molecule has 3 fully saturated rings. The molecule has 244 valence electrons. The van der Waals surface area contributed by atoms with Gasteiger partial charge in [0, 0.05) is 11.3 Å². The predicted octanol–water partition coefficient (Wildman–Crippen LogP) is 6.06. The molecule has 0 aliphatic heterocycles. The fourth-order valence-corrected chi connectivity index (χ4v) is 10.2. The number of carbonyl (C=O) groups excluding carboxylic acids is 5. The predicted molar refractivity (Wildman–Crippen MR) is 173 cm³/mol. The summed E-state index contributed by atoms with van der Waals surface area (Å²) in [6.07, 6.45) is 7.00. The summed E-state index contributed by atoms with van der Waals surface area (Å²) in [6, 6.07) is 9.90. The fraction of sp³-hybridized carbons (Fsp3) is 0.564. The van der Waals surface area contributed by atoms with Crippen molar-refractivity contribution in [1.82, 2.24) is 0 Å². The monoisotopic (exact) mass is 626 g/mol. The minimum absolute atomic E-state index is 0.0422. The van der Waals surface area contributed by atoms with E-state index in [-0.39, 0.29) is 30.1 Å². The van der Waals surface area contributed by atoms with Gasteiger partial charge in [0.1, 0.15) is 17.5 Å². The Morgan fingerprint density at radius 3 is 2.26 bits per heavy atom. The number of aromatic hydroxyl groups is 1. The molecule has 0 spiro atoms. The van der Waals surface area contributed by atoms with Crippen LogP contribution in [0.25, 0.3) is 11.1 Å². The lowest BCUT2D eigenvalue weighted by molar-refractivity contribution is -0.205. The Morgan fingerprint density at radius 1 is 0.978 bits per heavy atom. The van der Waals surface area contributed by atoms with Crippen LogP contribution in [0.5, 0.6) is 5.75 Å². The third-order valence-electron chi connectivity index (χ3n) is 12.1. The summed E-state index contributed by atoms with van der Waals surface area (Å²) < 4.78 is 0. The molecule has 0 aromatic heterocycles. The van der Waals surface area contributed by atoms with Crippen LogP contribution < -0.4 is 0 Å². The molecular weight excluding hydrogens is 580 g/mol. The largest absolute Gasteiger partial charge is 0.507 e. The number of carbonyl (C=O) groups is 5. The van der Waals surface area contributed by atoms with Crippen molar-refractivity contribution in [3.63, 3.8) is 0 Å². The van der Waals surface area contributed by atoms with E-state index in [4.69, 9.17) is 0 Å². The maximum atomic E-state index is 14.6. The highest BCUT2D eigenvalue weighted by Gasteiger charge is 2.76. The second-order valence-electron chi connectivity index (χ2n) is 15.5. The first-order chi connectivity index (χ1) is 21.6. The number of rotatable bonds is 6. The first-order valence-corrected chi connectivity index (χ1v) is 17.0. The summed E-state index contributed by atoms with van der Waals surface area (Å²) >= 11 is 0. The van der Waals surface area contributed by atoms with Crippen LogP contribution in [0.3, 0.4) is 0 Å². The number of benzene rings is 2. The number of fused-ring (bicyclic) bond motifs is 3. The van der Waals surface area contributed by atoms with Gasteiger partial charge in [-0.15, -0.1) is 0 Å². The summed E-state index contributed by atoms with van der Waals surface area (Å²) in [7, 11) is 0. The highest BCUT2D eigenvalue weighted by molar-refractivity contribution is 6.32. The van der Waals surface area contributed by atoms with Crippen molar-refractivity contribution in [1.29, 1.82) is 0 Å². The van der Waals surface area contributed by atoms with Gasteiger partial charge in [-0.1, -0.05) is 84.6 Å². The van der Waals surface area contributed by atoms with Crippen molar-refractivity contribution in [2.75, 3.05) is 0 Å². The SMILES string of the molecule is CCc1ccc(CC2CCCC2)cc1-c1ccc(O)c2c1C[C@]1(C)C[C@]3(C)C(C(C)C)C(=O)C(C(C)=O)C(=O)[C@]3(O)C(=O)C1C2=O. The van der Waals surface area contributed by atoms with Crippen molar-refractivity contribution >= 4 is 28.9 Å². The minimum Gasteiger partial charge on any atom is -0.507 e. The summed E-state index contributed by atoms with van der Waals surface area (Å²) in [5, 5.41) is 23.4. The topological polar surface area (TPSA) is 126 Å². The van der Waals surface area contributed by atoms with E-state index in [0.29, 0.717) is 11.5 Å². The van der Waals surface area contributed by atoms with E-state index in [0.717, 1.165) is 36.5 Å². The molecule has 0 saturated heterocycles. The zero-order valence-corrected chi connectivity index (χ0v) is 27.9. The quantitative estimate of drug-likeness (QED) is 0.374. The third-order valence-corrected chi connectivity index (χ3v) is 12.1. The molecule has 0 amide bonds. The van der Waals surface area contributed by atoms with E-state index >= 15 is 0 Å². The standard InChI is InChI=1S/C39H46O7/c1-7-24-13-12-23(16-22-10-8-9-11-22)17-26(24)25-14-15-28(41)30-27(25)18-37(5)19-38(6)31(20(2)3)33(42)29(21(4)40)35(44)39(38,46)36(45)32(37)34(30)43/h12-15,17,20,22,29,31-32,41,46H,7-11,16,18-19H2,1-6H3/t29?,31?,32?,37-,38-,39+/m1/s1. The van der Waals surface area contributed by atoms with Crippen molar-refractivity contribution in [3.05, 3.63) is 52.6 Å². The Bertz CT molecular complexity index is 1680. The molecular formula is C39H46O7. The Balaban J connectivity index is 1.52. The molecule has 0 radical (unpaired) electrons. The highest BCUT2D eigenvalue weighted by atomic mass is 16.3. The van der Waals surface area contributed by atoms with Crippen molar-refractivity contribution in [2.45, 2.75) is 98.5 Å². The van der Waals surface area contributed by atoms with Gasteiger partial charge in [-0.25, -0.2) is 0 Å². The molecule has 7 nitrogen and oxygen atoms in total. The van der Waals surface area contributed by atoms with Gasteiger partial charge in [-0.3, -0.25) is 24.0 Å². The summed E-state index contributed by atoms with van der Waals surface area (Å²) in [4.78, 5) is 69.4. The zero-order valence-electron chi connectivity index (χ0n) is 27.9. The van der Waals surface area contributed by atoms with E-state index in [1.807, 2.05) is 13.0 Å². The van der Waals surface area contributed by atoms with Gasteiger partial charge >= 0.3 is 0 Å². The Morgan fingerprint density at radius 2 is 1.65 bits per heavy atom. The van der Waals surface area contributed by atoms with Crippen LogP contribution in [0, 0.1) is 40.4 Å². The maximum absolute atomic E-state index is 14.6.